The topological polar surface area (TPSA) is 21.7 Å². The van der Waals surface area contributed by atoms with Crippen molar-refractivity contribution < 1.29 is 9.47 Å². The number of methoxy groups -OCH3 is 1. The van der Waals surface area contributed by atoms with Gasteiger partial charge >= 0.3 is 0 Å². The van der Waals surface area contributed by atoms with Crippen molar-refractivity contribution in [3.05, 3.63) is 131 Å². The third-order valence-electron chi connectivity index (χ3n) is 11.7. The quantitative estimate of drug-likeness (QED) is 0.204. The number of benzene rings is 5. The molecule has 0 bridgehead atoms. The van der Waals surface area contributed by atoms with Crippen molar-refractivity contribution in [3.63, 3.8) is 0 Å². The molecule has 0 N–H and O–H groups in total. The Kier molecular flexibility index (Phi) is 6.19. The Morgan fingerprint density at radius 3 is 2.17 bits per heavy atom. The van der Waals surface area contributed by atoms with E-state index >= 15 is 0 Å². The second-order valence-electron chi connectivity index (χ2n) is 14.2. The zero-order valence-corrected chi connectivity index (χ0v) is 27.1. The summed E-state index contributed by atoms with van der Waals surface area (Å²) in [4.78, 5) is 2.14. The lowest BCUT2D eigenvalue weighted by molar-refractivity contribution is 0.163. The fraction of sp³-hybridized carbons (Fsp3) is 0.302. The van der Waals surface area contributed by atoms with E-state index in [0.29, 0.717) is 0 Å². The van der Waals surface area contributed by atoms with E-state index in [1.165, 1.54) is 77.4 Å². The van der Waals surface area contributed by atoms with Crippen molar-refractivity contribution in [1.29, 1.82) is 0 Å². The molecular weight excluding hydrogens is 562 g/mol. The first-order chi connectivity index (χ1) is 22.5. The van der Waals surface area contributed by atoms with Crippen molar-refractivity contribution in [2.75, 3.05) is 26.1 Å². The highest BCUT2D eigenvalue weighted by Crippen LogP contribution is 2.66. The highest BCUT2D eigenvalue weighted by Gasteiger charge is 2.54. The molecule has 1 aliphatic heterocycles. The van der Waals surface area contributed by atoms with Gasteiger partial charge < -0.3 is 14.4 Å². The van der Waals surface area contributed by atoms with Gasteiger partial charge in [-0.25, -0.2) is 0 Å². The van der Waals surface area contributed by atoms with E-state index in [1.54, 1.807) is 7.11 Å². The molecule has 1 spiro atoms. The Morgan fingerprint density at radius 2 is 1.46 bits per heavy atom. The van der Waals surface area contributed by atoms with Crippen molar-refractivity contribution in [2.45, 2.75) is 49.5 Å². The molecule has 4 aliphatic rings. The Hall–Kier alpha value is -4.50. The van der Waals surface area contributed by atoms with Gasteiger partial charge in [0.25, 0.3) is 0 Å². The molecule has 3 unspecified atom stereocenters. The summed E-state index contributed by atoms with van der Waals surface area (Å²) >= 11 is 0. The molecule has 1 heterocycles. The number of nitrogens with zero attached hydrogens (tertiary/aromatic N) is 1. The third-order valence-corrected chi connectivity index (χ3v) is 11.7. The van der Waals surface area contributed by atoms with Crippen LogP contribution < -0.4 is 14.4 Å². The van der Waals surface area contributed by atoms with E-state index in [4.69, 9.17) is 9.47 Å². The van der Waals surface area contributed by atoms with Crippen LogP contribution in [0.2, 0.25) is 0 Å². The number of rotatable bonds is 4. The lowest BCUT2D eigenvalue weighted by Crippen LogP contribution is -2.35. The van der Waals surface area contributed by atoms with Crippen molar-refractivity contribution in [2.24, 2.45) is 11.8 Å². The molecule has 3 nitrogen and oxygen atoms in total. The Bertz CT molecular complexity index is 1990. The Labute approximate surface area is 272 Å². The highest BCUT2D eigenvalue weighted by molar-refractivity contribution is 6.09. The van der Waals surface area contributed by atoms with E-state index in [0.717, 1.165) is 39.8 Å². The number of anilines is 1. The van der Waals surface area contributed by atoms with E-state index < -0.39 is 5.60 Å². The van der Waals surface area contributed by atoms with E-state index in [9.17, 15) is 0 Å². The van der Waals surface area contributed by atoms with E-state index in [1.807, 2.05) is 0 Å². The molecule has 0 amide bonds. The van der Waals surface area contributed by atoms with Crippen LogP contribution in [0.25, 0.3) is 28.0 Å². The molecule has 0 radical (unpaired) electrons. The fourth-order valence-corrected chi connectivity index (χ4v) is 9.67. The van der Waals surface area contributed by atoms with Crippen LogP contribution in [0.3, 0.4) is 0 Å². The van der Waals surface area contributed by atoms with Gasteiger partial charge in [0.15, 0.2) is 5.60 Å². The zero-order chi connectivity index (χ0) is 31.0. The van der Waals surface area contributed by atoms with Crippen molar-refractivity contribution >= 4 is 22.5 Å². The second-order valence-corrected chi connectivity index (χ2v) is 14.2. The van der Waals surface area contributed by atoms with Gasteiger partial charge in [0.05, 0.1) is 7.11 Å². The van der Waals surface area contributed by atoms with Crippen molar-refractivity contribution in [1.82, 2.24) is 0 Å². The molecule has 2 saturated carbocycles. The lowest BCUT2D eigenvalue weighted by atomic mass is 9.72. The van der Waals surface area contributed by atoms with Crippen LogP contribution in [0, 0.1) is 11.8 Å². The molecule has 3 atom stereocenters. The lowest BCUT2D eigenvalue weighted by Gasteiger charge is -2.39. The normalized spacial score (nSPS) is 25.5. The van der Waals surface area contributed by atoms with Crippen LogP contribution in [-0.4, -0.2) is 21.2 Å². The van der Waals surface area contributed by atoms with E-state index in [2.05, 4.69) is 128 Å². The van der Waals surface area contributed by atoms with Gasteiger partial charge in [-0.1, -0.05) is 98.5 Å². The summed E-state index contributed by atoms with van der Waals surface area (Å²) in [5.41, 5.74) is 9.73. The minimum Gasteiger partial charge on any atom is -0.497 e. The minimum atomic E-state index is -0.772. The van der Waals surface area contributed by atoms with Gasteiger partial charge in [-0.15, -0.1) is 0 Å². The molecule has 0 saturated heterocycles. The van der Waals surface area contributed by atoms with Gasteiger partial charge in [0.1, 0.15) is 11.5 Å². The maximum atomic E-state index is 7.59. The minimum absolute atomic E-state index is 0.0115. The van der Waals surface area contributed by atoms with Crippen molar-refractivity contribution in [3.8, 4) is 22.6 Å². The van der Waals surface area contributed by atoms with Crippen LogP contribution in [0.4, 0.5) is 5.69 Å². The molecule has 46 heavy (non-hydrogen) atoms. The first-order valence-electron chi connectivity index (χ1n) is 17.0. The molecule has 2 fully saturated rings. The molecule has 5 aromatic rings. The van der Waals surface area contributed by atoms with Crippen LogP contribution in [-0.2, 0) is 11.0 Å². The average Bonchev–Trinajstić information content (AvgIpc) is 3.64. The van der Waals surface area contributed by atoms with Gasteiger partial charge in [-0.2, -0.15) is 0 Å². The standard InChI is InChI=1S/C43H41NO2/c1-44(2)32-19-17-31(18-20-32)43(30-13-5-4-6-14-30)24-23-36-40-39(34-22-21-33(45-3)25-37(34)41(36)46-43)35-15-9-10-16-38(35)42(40)26-28-11-7-8-12-29(28)27-42/h4-6,9-10,13-25,28-29H,7-8,11-12,26-27H2,1-3H3. The summed E-state index contributed by atoms with van der Waals surface area (Å²) in [5.74, 6) is 3.41. The maximum absolute atomic E-state index is 7.59. The molecule has 5 aromatic carbocycles. The monoisotopic (exact) mass is 603 g/mol. The van der Waals surface area contributed by atoms with E-state index in [-0.39, 0.29) is 5.41 Å². The first kappa shape index (κ1) is 27.8. The molecule has 0 aromatic heterocycles. The molecule has 3 heteroatoms. The Balaban J connectivity index is 1.34. The SMILES string of the molecule is COc1ccc2c3c(c4c(c2c1)OC(c1ccccc1)(c1ccc(N(C)C)cc1)C=C4)C1(CC2CCCCC2C1)c1ccccc1-3. The summed E-state index contributed by atoms with van der Waals surface area (Å²) < 4.78 is 13.4. The van der Waals surface area contributed by atoms with Crippen LogP contribution in [0.1, 0.15) is 66.3 Å². The number of hydrogen-bond donors (Lipinski definition) is 0. The smallest absolute Gasteiger partial charge is 0.178 e. The predicted molar refractivity (Wildman–Crippen MR) is 189 cm³/mol. The number of hydrogen-bond acceptors (Lipinski definition) is 3. The second kappa shape index (κ2) is 10.3. The third kappa shape index (κ3) is 3.84. The summed E-state index contributed by atoms with van der Waals surface area (Å²) in [6, 6.07) is 35.5. The Morgan fingerprint density at radius 1 is 0.761 bits per heavy atom. The van der Waals surface area contributed by atoms with Gasteiger partial charge in [-0.05, 0) is 88.7 Å². The zero-order valence-electron chi connectivity index (χ0n) is 27.1. The fourth-order valence-electron chi connectivity index (χ4n) is 9.67. The summed E-state index contributed by atoms with van der Waals surface area (Å²) in [5, 5.41) is 2.37. The molecule has 230 valence electrons. The maximum Gasteiger partial charge on any atom is 0.178 e. The highest BCUT2D eigenvalue weighted by atomic mass is 16.5. The molecule has 9 rings (SSSR count). The van der Waals surface area contributed by atoms with Gasteiger partial charge in [0, 0.05) is 47.3 Å². The van der Waals surface area contributed by atoms with Gasteiger partial charge in [-0.3, -0.25) is 0 Å². The van der Waals surface area contributed by atoms with Crippen LogP contribution in [0.5, 0.6) is 11.5 Å². The van der Waals surface area contributed by atoms with Crippen LogP contribution >= 0.6 is 0 Å². The summed E-state index contributed by atoms with van der Waals surface area (Å²) in [6.45, 7) is 0. The summed E-state index contributed by atoms with van der Waals surface area (Å²) in [6.07, 6.45) is 12.7. The average molecular weight is 604 g/mol. The van der Waals surface area contributed by atoms with Gasteiger partial charge in [0.2, 0.25) is 0 Å². The molecule has 3 aliphatic carbocycles. The first-order valence-corrected chi connectivity index (χ1v) is 17.0. The summed E-state index contributed by atoms with van der Waals surface area (Å²) in [7, 11) is 5.93. The number of ether oxygens (including phenoxy) is 2. The predicted octanol–water partition coefficient (Wildman–Crippen LogP) is 10.1. The van der Waals surface area contributed by atoms with Crippen LogP contribution in [0.15, 0.2) is 103 Å². The number of fused-ring (bicyclic) bond motifs is 11. The largest absolute Gasteiger partial charge is 0.497 e. The molecular formula is C43H41NO2.